The molecule has 5 heteroatoms. The maximum Gasteiger partial charge on any atom is 0.374 e. The SMILES string of the molecule is C=CCCCOC(=O)C(CC(=O)C(=O)OCC)c1ccccc1. The molecule has 23 heavy (non-hydrogen) atoms. The highest BCUT2D eigenvalue weighted by atomic mass is 16.5. The van der Waals surface area contributed by atoms with Gasteiger partial charge in [0.1, 0.15) is 0 Å². The van der Waals surface area contributed by atoms with Crippen LogP contribution in [-0.2, 0) is 23.9 Å². The van der Waals surface area contributed by atoms with Crippen molar-refractivity contribution in [3.8, 4) is 0 Å². The molecule has 1 atom stereocenters. The lowest BCUT2D eigenvalue weighted by Crippen LogP contribution is -2.25. The number of allylic oxidation sites excluding steroid dienone is 1. The molecule has 0 amide bonds. The van der Waals surface area contributed by atoms with Crippen LogP contribution in [0.15, 0.2) is 43.0 Å². The van der Waals surface area contributed by atoms with Gasteiger partial charge in [-0.3, -0.25) is 9.59 Å². The van der Waals surface area contributed by atoms with Gasteiger partial charge in [-0.25, -0.2) is 4.79 Å². The summed E-state index contributed by atoms with van der Waals surface area (Å²) in [6.45, 7) is 5.59. The molecule has 1 rings (SSSR count). The third kappa shape index (κ3) is 6.46. The van der Waals surface area contributed by atoms with Gasteiger partial charge in [-0.15, -0.1) is 6.58 Å². The van der Waals surface area contributed by atoms with Gasteiger partial charge in [0.2, 0.25) is 5.78 Å². The summed E-state index contributed by atoms with van der Waals surface area (Å²) in [6.07, 6.45) is 2.89. The Kier molecular flexibility index (Phi) is 8.36. The van der Waals surface area contributed by atoms with Crippen LogP contribution in [0.3, 0.4) is 0 Å². The minimum atomic E-state index is -0.923. The molecule has 0 aliphatic heterocycles. The normalized spacial score (nSPS) is 11.3. The first kappa shape index (κ1) is 18.6. The Hall–Kier alpha value is -2.43. The summed E-state index contributed by atoms with van der Waals surface area (Å²) in [6, 6.07) is 8.80. The van der Waals surface area contributed by atoms with E-state index in [1.165, 1.54) is 0 Å². The van der Waals surface area contributed by atoms with Gasteiger partial charge in [-0.1, -0.05) is 36.4 Å². The third-order valence-electron chi connectivity index (χ3n) is 3.18. The fraction of sp³-hybridized carbons (Fsp3) is 0.389. The van der Waals surface area contributed by atoms with Gasteiger partial charge in [0.05, 0.1) is 19.1 Å². The molecule has 0 saturated heterocycles. The van der Waals surface area contributed by atoms with Crippen LogP contribution < -0.4 is 0 Å². The minimum absolute atomic E-state index is 0.118. The van der Waals surface area contributed by atoms with Crippen molar-refractivity contribution in [2.24, 2.45) is 0 Å². The van der Waals surface area contributed by atoms with Crippen LogP contribution >= 0.6 is 0 Å². The standard InChI is InChI=1S/C18H22O5/c1-3-5-9-12-23-17(20)15(14-10-7-6-8-11-14)13-16(19)18(21)22-4-2/h3,6-8,10-11,15H,1,4-5,9,12-13H2,2H3. The monoisotopic (exact) mass is 318 g/mol. The van der Waals surface area contributed by atoms with Crippen molar-refractivity contribution in [2.45, 2.75) is 32.1 Å². The van der Waals surface area contributed by atoms with Crippen LogP contribution in [0.5, 0.6) is 0 Å². The van der Waals surface area contributed by atoms with Crippen molar-refractivity contribution in [1.82, 2.24) is 0 Å². The predicted molar refractivity (Wildman–Crippen MR) is 85.8 cm³/mol. The number of carbonyl (C=O) groups excluding carboxylic acids is 3. The van der Waals surface area contributed by atoms with Gasteiger partial charge in [0.25, 0.3) is 0 Å². The van der Waals surface area contributed by atoms with E-state index in [4.69, 9.17) is 4.74 Å². The average Bonchev–Trinajstić information content (AvgIpc) is 2.57. The maximum absolute atomic E-state index is 12.3. The second-order valence-electron chi connectivity index (χ2n) is 4.91. The molecule has 1 unspecified atom stereocenters. The van der Waals surface area contributed by atoms with Crippen molar-refractivity contribution in [1.29, 1.82) is 0 Å². The van der Waals surface area contributed by atoms with Gasteiger partial charge < -0.3 is 9.47 Å². The summed E-state index contributed by atoms with van der Waals surface area (Å²) >= 11 is 0. The molecule has 0 aliphatic rings. The van der Waals surface area contributed by atoms with Gasteiger partial charge in [-0.2, -0.15) is 0 Å². The Labute approximate surface area is 136 Å². The predicted octanol–water partition coefficient (Wildman–Crippen LogP) is 2.80. The molecule has 124 valence electrons. The van der Waals surface area contributed by atoms with E-state index in [1.807, 2.05) is 6.07 Å². The van der Waals surface area contributed by atoms with E-state index in [1.54, 1.807) is 37.3 Å². The summed E-state index contributed by atoms with van der Waals surface area (Å²) in [7, 11) is 0. The summed E-state index contributed by atoms with van der Waals surface area (Å²) in [5.41, 5.74) is 0.638. The number of unbranched alkanes of at least 4 members (excludes halogenated alkanes) is 1. The molecule has 0 bridgehead atoms. The molecule has 1 aromatic carbocycles. The summed E-state index contributed by atoms with van der Waals surface area (Å²) < 4.78 is 9.89. The molecule has 1 aromatic rings. The van der Waals surface area contributed by atoms with E-state index >= 15 is 0 Å². The highest BCUT2D eigenvalue weighted by Gasteiger charge is 2.28. The Morgan fingerprint density at radius 1 is 1.17 bits per heavy atom. The summed E-state index contributed by atoms with van der Waals surface area (Å²) in [5.74, 6) is -2.98. The van der Waals surface area contributed by atoms with E-state index in [0.717, 1.165) is 6.42 Å². The Morgan fingerprint density at radius 3 is 2.48 bits per heavy atom. The van der Waals surface area contributed by atoms with Crippen LogP contribution in [-0.4, -0.2) is 30.9 Å². The quantitative estimate of drug-likeness (QED) is 0.287. The number of benzene rings is 1. The number of hydrogen-bond donors (Lipinski definition) is 0. The first-order valence-electron chi connectivity index (χ1n) is 7.62. The number of ether oxygens (including phenoxy) is 2. The fourth-order valence-corrected chi connectivity index (χ4v) is 2.00. The lowest BCUT2D eigenvalue weighted by atomic mass is 9.94. The number of ketones is 1. The zero-order chi connectivity index (χ0) is 17.1. The van der Waals surface area contributed by atoms with E-state index in [-0.39, 0.29) is 19.6 Å². The minimum Gasteiger partial charge on any atom is -0.465 e. The van der Waals surface area contributed by atoms with Gasteiger partial charge >= 0.3 is 11.9 Å². The topological polar surface area (TPSA) is 69.7 Å². The van der Waals surface area contributed by atoms with Gasteiger partial charge in [0.15, 0.2) is 0 Å². The van der Waals surface area contributed by atoms with Crippen LogP contribution in [0, 0.1) is 0 Å². The number of hydrogen-bond acceptors (Lipinski definition) is 5. The molecule has 0 aromatic heterocycles. The molecule has 5 nitrogen and oxygen atoms in total. The number of Topliss-reactive ketones (excluding diaryl/α,β-unsaturated/α-hetero) is 1. The van der Waals surface area contributed by atoms with E-state index in [9.17, 15) is 14.4 Å². The van der Waals surface area contributed by atoms with E-state index < -0.39 is 23.6 Å². The molecule has 0 aliphatic carbocycles. The largest absolute Gasteiger partial charge is 0.465 e. The van der Waals surface area contributed by atoms with Crippen LogP contribution in [0.2, 0.25) is 0 Å². The average molecular weight is 318 g/mol. The molecule has 0 fully saturated rings. The number of esters is 2. The Bertz CT molecular complexity index is 536. The van der Waals surface area contributed by atoms with Crippen LogP contribution in [0.25, 0.3) is 0 Å². The van der Waals surface area contributed by atoms with Crippen LogP contribution in [0.1, 0.15) is 37.7 Å². The molecule has 0 radical (unpaired) electrons. The summed E-state index contributed by atoms with van der Waals surface area (Å²) in [5, 5.41) is 0. The molecule has 0 saturated carbocycles. The number of rotatable bonds is 10. The molecule has 0 heterocycles. The van der Waals surface area contributed by atoms with Crippen molar-refractivity contribution in [3.63, 3.8) is 0 Å². The zero-order valence-electron chi connectivity index (χ0n) is 13.3. The zero-order valence-corrected chi connectivity index (χ0v) is 13.3. The molecular formula is C18H22O5. The van der Waals surface area contributed by atoms with Crippen molar-refractivity contribution < 1.29 is 23.9 Å². The first-order chi connectivity index (χ1) is 11.1. The van der Waals surface area contributed by atoms with Crippen LogP contribution in [0.4, 0.5) is 0 Å². The van der Waals surface area contributed by atoms with Crippen molar-refractivity contribution in [3.05, 3.63) is 48.6 Å². The molecular weight excluding hydrogens is 296 g/mol. The van der Waals surface area contributed by atoms with E-state index in [2.05, 4.69) is 11.3 Å². The third-order valence-corrected chi connectivity index (χ3v) is 3.18. The molecule has 0 N–H and O–H groups in total. The smallest absolute Gasteiger partial charge is 0.374 e. The highest BCUT2D eigenvalue weighted by Crippen LogP contribution is 2.22. The Balaban J connectivity index is 2.77. The maximum atomic E-state index is 12.3. The lowest BCUT2D eigenvalue weighted by Gasteiger charge is -2.15. The fourth-order valence-electron chi connectivity index (χ4n) is 2.00. The first-order valence-corrected chi connectivity index (χ1v) is 7.62. The molecule has 0 spiro atoms. The Morgan fingerprint density at radius 2 is 1.87 bits per heavy atom. The second kappa shape index (κ2) is 10.3. The van der Waals surface area contributed by atoms with Crippen molar-refractivity contribution >= 4 is 17.7 Å². The number of carbonyl (C=O) groups is 3. The lowest BCUT2D eigenvalue weighted by molar-refractivity contribution is -0.155. The van der Waals surface area contributed by atoms with Gasteiger partial charge in [-0.05, 0) is 25.3 Å². The second-order valence-corrected chi connectivity index (χ2v) is 4.91. The summed E-state index contributed by atoms with van der Waals surface area (Å²) in [4.78, 5) is 35.7. The van der Waals surface area contributed by atoms with Gasteiger partial charge in [0, 0.05) is 6.42 Å². The van der Waals surface area contributed by atoms with Crippen molar-refractivity contribution in [2.75, 3.05) is 13.2 Å². The van der Waals surface area contributed by atoms with E-state index in [0.29, 0.717) is 12.0 Å². The highest BCUT2D eigenvalue weighted by molar-refractivity contribution is 6.34.